The van der Waals surface area contributed by atoms with E-state index >= 15 is 0 Å². The van der Waals surface area contributed by atoms with Gasteiger partial charge in [0.25, 0.3) is 0 Å². The number of likely N-dealkylation sites (N-methyl/N-ethyl adjacent to an activating group) is 1. The SMILES string of the molecule is CNC[C@H]1CC2(CC2)CN1C(=O)OC(C)(C)C. The highest BCUT2D eigenvalue weighted by atomic mass is 16.6. The molecule has 0 aromatic heterocycles. The van der Waals surface area contributed by atoms with Crippen molar-refractivity contribution in [3.8, 4) is 0 Å². The van der Waals surface area contributed by atoms with E-state index < -0.39 is 5.60 Å². The Bertz CT molecular complexity index is 305. The molecule has 1 saturated carbocycles. The minimum Gasteiger partial charge on any atom is -0.444 e. The average Bonchev–Trinajstić information content (AvgIpc) is 2.80. The van der Waals surface area contributed by atoms with Crippen molar-refractivity contribution in [1.82, 2.24) is 10.2 Å². The van der Waals surface area contributed by atoms with Gasteiger partial charge < -0.3 is 15.0 Å². The van der Waals surface area contributed by atoms with Crippen molar-refractivity contribution in [2.45, 2.75) is 51.7 Å². The highest BCUT2D eigenvalue weighted by Gasteiger charge is 2.53. The summed E-state index contributed by atoms with van der Waals surface area (Å²) in [6.45, 7) is 7.50. The van der Waals surface area contributed by atoms with Gasteiger partial charge in [0, 0.05) is 19.1 Å². The standard InChI is InChI=1S/C13H24N2O2/c1-12(2,3)17-11(16)15-9-13(5-6-13)7-10(15)8-14-4/h10,14H,5-9H2,1-4H3/t10-/m1/s1. The molecule has 1 amide bonds. The van der Waals surface area contributed by atoms with E-state index in [1.807, 2.05) is 32.7 Å². The summed E-state index contributed by atoms with van der Waals surface area (Å²) in [6, 6.07) is 0.303. The third-order valence-electron chi connectivity index (χ3n) is 3.64. The van der Waals surface area contributed by atoms with Crippen molar-refractivity contribution in [2.75, 3.05) is 20.1 Å². The minimum atomic E-state index is -0.402. The molecular weight excluding hydrogens is 216 g/mol. The molecule has 1 atom stereocenters. The van der Waals surface area contributed by atoms with E-state index in [1.54, 1.807) is 0 Å². The maximum atomic E-state index is 12.1. The first-order valence-electron chi connectivity index (χ1n) is 6.49. The number of likely N-dealkylation sites (tertiary alicyclic amines) is 1. The van der Waals surface area contributed by atoms with Crippen LogP contribution in [-0.4, -0.2) is 42.8 Å². The molecule has 2 aliphatic rings. The molecule has 2 rings (SSSR count). The quantitative estimate of drug-likeness (QED) is 0.802. The van der Waals surface area contributed by atoms with Gasteiger partial charge in [0.2, 0.25) is 0 Å². The first-order chi connectivity index (χ1) is 7.85. The number of ether oxygens (including phenoxy) is 1. The molecule has 1 aliphatic heterocycles. The predicted octanol–water partition coefficient (Wildman–Crippen LogP) is 2.00. The van der Waals surface area contributed by atoms with Crippen molar-refractivity contribution < 1.29 is 9.53 Å². The highest BCUT2D eigenvalue weighted by molar-refractivity contribution is 5.69. The van der Waals surface area contributed by atoms with Crippen LogP contribution in [0.4, 0.5) is 4.79 Å². The Morgan fingerprint density at radius 2 is 2.12 bits per heavy atom. The second-order valence-electron chi connectivity index (χ2n) is 6.52. The molecule has 4 nitrogen and oxygen atoms in total. The van der Waals surface area contributed by atoms with Crippen LogP contribution in [0.1, 0.15) is 40.0 Å². The molecule has 4 heteroatoms. The number of carbonyl (C=O) groups is 1. The second-order valence-corrected chi connectivity index (χ2v) is 6.52. The molecule has 2 fully saturated rings. The average molecular weight is 240 g/mol. The van der Waals surface area contributed by atoms with Gasteiger partial charge in [0.1, 0.15) is 5.60 Å². The first kappa shape index (κ1) is 12.7. The van der Waals surface area contributed by atoms with E-state index in [4.69, 9.17) is 4.74 Å². The Labute approximate surface area is 104 Å². The Kier molecular flexibility index (Phi) is 3.10. The second kappa shape index (κ2) is 4.16. The Balaban J connectivity index is 2.00. The zero-order chi connectivity index (χ0) is 12.7. The van der Waals surface area contributed by atoms with E-state index in [1.165, 1.54) is 12.8 Å². The zero-order valence-electron chi connectivity index (χ0n) is 11.4. The van der Waals surface area contributed by atoms with Crippen LogP contribution < -0.4 is 5.32 Å². The van der Waals surface area contributed by atoms with Crippen molar-refractivity contribution in [1.29, 1.82) is 0 Å². The van der Waals surface area contributed by atoms with E-state index in [0.717, 1.165) is 19.5 Å². The van der Waals surface area contributed by atoms with Crippen LogP contribution in [-0.2, 0) is 4.74 Å². The Morgan fingerprint density at radius 1 is 1.47 bits per heavy atom. The first-order valence-corrected chi connectivity index (χ1v) is 6.49. The summed E-state index contributed by atoms with van der Waals surface area (Å²) in [6.07, 6.45) is 3.52. The maximum absolute atomic E-state index is 12.1. The van der Waals surface area contributed by atoms with Gasteiger partial charge in [-0.25, -0.2) is 4.79 Å². The van der Waals surface area contributed by atoms with E-state index in [9.17, 15) is 4.79 Å². The molecule has 1 N–H and O–H groups in total. The molecule has 0 bridgehead atoms. The fourth-order valence-corrected chi connectivity index (χ4v) is 2.66. The van der Waals surface area contributed by atoms with Gasteiger partial charge in [-0.1, -0.05) is 0 Å². The number of hydrogen-bond acceptors (Lipinski definition) is 3. The molecule has 1 saturated heterocycles. The summed E-state index contributed by atoms with van der Waals surface area (Å²) in [5, 5.41) is 3.17. The van der Waals surface area contributed by atoms with Gasteiger partial charge in [-0.05, 0) is 52.5 Å². The Morgan fingerprint density at radius 3 is 2.59 bits per heavy atom. The number of nitrogens with zero attached hydrogens (tertiary/aromatic N) is 1. The lowest BCUT2D eigenvalue weighted by Gasteiger charge is -2.28. The topological polar surface area (TPSA) is 41.6 Å². The molecule has 0 unspecified atom stereocenters. The highest BCUT2D eigenvalue weighted by Crippen LogP contribution is 2.54. The molecule has 17 heavy (non-hydrogen) atoms. The lowest BCUT2D eigenvalue weighted by molar-refractivity contribution is 0.0221. The van der Waals surface area contributed by atoms with Crippen LogP contribution in [0.5, 0.6) is 0 Å². The number of carbonyl (C=O) groups excluding carboxylic acids is 1. The molecule has 1 aliphatic carbocycles. The minimum absolute atomic E-state index is 0.151. The summed E-state index contributed by atoms with van der Waals surface area (Å²) in [4.78, 5) is 14.1. The normalized spacial score (nSPS) is 26.4. The molecule has 0 radical (unpaired) electrons. The van der Waals surface area contributed by atoms with Crippen molar-refractivity contribution in [3.05, 3.63) is 0 Å². The van der Waals surface area contributed by atoms with Gasteiger partial charge in [0.05, 0.1) is 0 Å². The molecular formula is C13H24N2O2. The smallest absolute Gasteiger partial charge is 0.410 e. The van der Waals surface area contributed by atoms with Gasteiger partial charge >= 0.3 is 6.09 Å². The summed E-state index contributed by atoms with van der Waals surface area (Å²) in [7, 11) is 1.94. The summed E-state index contributed by atoms with van der Waals surface area (Å²) >= 11 is 0. The summed E-state index contributed by atoms with van der Waals surface area (Å²) in [5.41, 5.74) is 0.0268. The molecule has 0 aromatic carbocycles. The van der Waals surface area contributed by atoms with E-state index in [2.05, 4.69) is 5.32 Å². The monoisotopic (exact) mass is 240 g/mol. The van der Waals surface area contributed by atoms with Crippen LogP contribution in [0, 0.1) is 5.41 Å². The van der Waals surface area contributed by atoms with Crippen LogP contribution in [0.2, 0.25) is 0 Å². The van der Waals surface area contributed by atoms with Gasteiger partial charge in [-0.2, -0.15) is 0 Å². The number of amides is 1. The fourth-order valence-electron chi connectivity index (χ4n) is 2.66. The Hall–Kier alpha value is -0.770. The number of nitrogens with one attached hydrogen (secondary N) is 1. The number of rotatable bonds is 2. The maximum Gasteiger partial charge on any atom is 0.410 e. The van der Waals surface area contributed by atoms with Gasteiger partial charge in [-0.3, -0.25) is 0 Å². The van der Waals surface area contributed by atoms with Crippen LogP contribution in [0.15, 0.2) is 0 Å². The number of hydrogen-bond donors (Lipinski definition) is 1. The van der Waals surface area contributed by atoms with Crippen molar-refractivity contribution in [3.63, 3.8) is 0 Å². The summed E-state index contributed by atoms with van der Waals surface area (Å²) < 4.78 is 5.48. The van der Waals surface area contributed by atoms with Crippen molar-refractivity contribution in [2.24, 2.45) is 5.41 Å². The van der Waals surface area contributed by atoms with Gasteiger partial charge in [0.15, 0.2) is 0 Å². The molecule has 1 heterocycles. The molecule has 1 spiro atoms. The third-order valence-corrected chi connectivity index (χ3v) is 3.64. The lowest BCUT2D eigenvalue weighted by Crippen LogP contribution is -2.43. The third kappa shape index (κ3) is 2.92. The predicted molar refractivity (Wildman–Crippen MR) is 66.9 cm³/mol. The van der Waals surface area contributed by atoms with E-state index in [0.29, 0.717) is 11.5 Å². The summed E-state index contributed by atoms with van der Waals surface area (Å²) in [5.74, 6) is 0. The fraction of sp³-hybridized carbons (Fsp3) is 0.923. The van der Waals surface area contributed by atoms with E-state index in [-0.39, 0.29) is 6.09 Å². The molecule has 98 valence electrons. The zero-order valence-corrected chi connectivity index (χ0v) is 11.4. The van der Waals surface area contributed by atoms with Crippen LogP contribution >= 0.6 is 0 Å². The van der Waals surface area contributed by atoms with Gasteiger partial charge in [-0.15, -0.1) is 0 Å². The largest absolute Gasteiger partial charge is 0.444 e. The molecule has 0 aromatic rings. The van der Waals surface area contributed by atoms with Crippen molar-refractivity contribution >= 4 is 6.09 Å². The lowest BCUT2D eigenvalue weighted by atomic mass is 10.0. The van der Waals surface area contributed by atoms with Crippen LogP contribution in [0.25, 0.3) is 0 Å². The van der Waals surface area contributed by atoms with Crippen LogP contribution in [0.3, 0.4) is 0 Å².